The van der Waals surface area contributed by atoms with Crippen LogP contribution in [0.3, 0.4) is 0 Å². The summed E-state index contributed by atoms with van der Waals surface area (Å²) < 4.78 is 43.6. The molecule has 0 heterocycles. The highest BCUT2D eigenvalue weighted by Crippen LogP contribution is 2.28. The smallest absolute Gasteiger partial charge is 0.305 e. The molecule has 0 fully saturated rings. The van der Waals surface area contributed by atoms with Crippen LogP contribution in [0, 0.1) is 5.82 Å². The Morgan fingerprint density at radius 1 is 1.48 bits per heavy atom. The molecule has 0 atom stereocenters. The monoisotopic (exact) mass is 382 g/mol. The molecule has 0 radical (unpaired) electrons. The summed E-state index contributed by atoms with van der Waals surface area (Å²) >= 11 is 3.01. The summed E-state index contributed by atoms with van der Waals surface area (Å²) in [6.45, 7) is 0.126. The molecule has 1 rings (SSSR count). The van der Waals surface area contributed by atoms with Gasteiger partial charge in [0.2, 0.25) is 10.0 Å². The zero-order valence-electron chi connectivity index (χ0n) is 11.6. The molecule has 1 aromatic carbocycles. The lowest BCUT2D eigenvalue weighted by atomic mass is 10.3. The number of hydrogen-bond acceptors (Lipinski definition) is 5. The van der Waals surface area contributed by atoms with Gasteiger partial charge in [0, 0.05) is 24.5 Å². The molecule has 1 aromatic rings. The highest BCUT2D eigenvalue weighted by molar-refractivity contribution is 9.10. The third kappa shape index (κ3) is 4.39. The Kier molecular flexibility index (Phi) is 6.11. The molecule has 0 aliphatic carbocycles. The molecule has 2 N–H and O–H groups in total. The van der Waals surface area contributed by atoms with Crippen molar-refractivity contribution in [3.8, 4) is 0 Å². The summed E-state index contributed by atoms with van der Waals surface area (Å²) in [5, 5.41) is 0. The standard InChI is InChI=1S/C12H16BrFN2O4S/c1-16(5-3-4-12(17)20-2)21(18,19)11-7-10(15)9(14)6-8(11)13/h6-7H,3-5,15H2,1-2H3. The van der Waals surface area contributed by atoms with Gasteiger partial charge < -0.3 is 10.5 Å². The molecule has 0 bridgehead atoms. The van der Waals surface area contributed by atoms with E-state index in [1.165, 1.54) is 14.2 Å². The van der Waals surface area contributed by atoms with Gasteiger partial charge in [-0.3, -0.25) is 4.79 Å². The first kappa shape index (κ1) is 17.9. The third-order valence-electron chi connectivity index (χ3n) is 2.82. The molecule has 21 heavy (non-hydrogen) atoms. The molecule has 6 nitrogen and oxygen atoms in total. The lowest BCUT2D eigenvalue weighted by Crippen LogP contribution is -2.28. The molecular formula is C12H16BrFN2O4S. The van der Waals surface area contributed by atoms with Crippen molar-refractivity contribution in [1.29, 1.82) is 0 Å². The predicted molar refractivity (Wildman–Crippen MR) is 79.6 cm³/mol. The molecular weight excluding hydrogens is 367 g/mol. The van der Waals surface area contributed by atoms with E-state index in [-0.39, 0.29) is 28.0 Å². The first-order valence-electron chi connectivity index (χ1n) is 5.97. The van der Waals surface area contributed by atoms with E-state index < -0.39 is 21.8 Å². The minimum Gasteiger partial charge on any atom is -0.469 e. The SMILES string of the molecule is COC(=O)CCCN(C)S(=O)(=O)c1cc(N)c(F)cc1Br. The fourth-order valence-electron chi connectivity index (χ4n) is 1.58. The summed E-state index contributed by atoms with van der Waals surface area (Å²) in [5.41, 5.74) is 5.15. The zero-order chi connectivity index (χ0) is 16.2. The Morgan fingerprint density at radius 3 is 2.67 bits per heavy atom. The maximum Gasteiger partial charge on any atom is 0.305 e. The van der Waals surface area contributed by atoms with Crippen LogP contribution >= 0.6 is 15.9 Å². The highest BCUT2D eigenvalue weighted by Gasteiger charge is 2.24. The number of nitrogens with two attached hydrogens (primary N) is 1. The van der Waals surface area contributed by atoms with Gasteiger partial charge in [-0.25, -0.2) is 17.1 Å². The number of anilines is 1. The van der Waals surface area contributed by atoms with E-state index in [1.807, 2.05) is 0 Å². The Morgan fingerprint density at radius 2 is 2.10 bits per heavy atom. The van der Waals surface area contributed by atoms with E-state index in [0.717, 1.165) is 16.4 Å². The Hall–Kier alpha value is -1.19. The van der Waals surface area contributed by atoms with Crippen molar-refractivity contribution in [1.82, 2.24) is 4.31 Å². The number of carbonyl (C=O) groups is 1. The Bertz CT molecular complexity index is 636. The topological polar surface area (TPSA) is 89.7 Å². The highest BCUT2D eigenvalue weighted by atomic mass is 79.9. The number of hydrogen-bond donors (Lipinski definition) is 1. The maximum atomic E-state index is 13.3. The van der Waals surface area contributed by atoms with E-state index >= 15 is 0 Å². The number of sulfonamides is 1. The van der Waals surface area contributed by atoms with Gasteiger partial charge in [0.05, 0.1) is 17.7 Å². The van der Waals surface area contributed by atoms with Crippen LogP contribution in [0.15, 0.2) is 21.5 Å². The van der Waals surface area contributed by atoms with Crippen molar-refractivity contribution in [2.24, 2.45) is 0 Å². The van der Waals surface area contributed by atoms with Gasteiger partial charge in [-0.1, -0.05) is 0 Å². The van der Waals surface area contributed by atoms with Crippen LogP contribution in [0.1, 0.15) is 12.8 Å². The second kappa shape index (κ2) is 7.19. The zero-order valence-corrected chi connectivity index (χ0v) is 14.0. The predicted octanol–water partition coefficient (Wildman–Crippen LogP) is 1.74. The summed E-state index contributed by atoms with van der Waals surface area (Å²) in [7, 11) is -1.19. The number of esters is 1. The molecule has 0 unspecified atom stereocenters. The van der Waals surface area contributed by atoms with Crippen molar-refractivity contribution in [2.75, 3.05) is 26.4 Å². The molecule has 0 saturated carbocycles. The summed E-state index contributed by atoms with van der Waals surface area (Å²) in [6.07, 6.45) is 0.430. The summed E-state index contributed by atoms with van der Waals surface area (Å²) in [5.74, 6) is -1.11. The van der Waals surface area contributed by atoms with Gasteiger partial charge in [-0.15, -0.1) is 0 Å². The van der Waals surface area contributed by atoms with E-state index in [2.05, 4.69) is 20.7 Å². The summed E-state index contributed by atoms with van der Waals surface area (Å²) in [6, 6.07) is 2.07. The van der Waals surface area contributed by atoms with E-state index in [9.17, 15) is 17.6 Å². The fourth-order valence-corrected chi connectivity index (χ4v) is 3.79. The van der Waals surface area contributed by atoms with Crippen LogP contribution in [0.5, 0.6) is 0 Å². The first-order valence-corrected chi connectivity index (χ1v) is 8.21. The number of nitrogen functional groups attached to an aromatic ring is 1. The van der Waals surface area contributed by atoms with Gasteiger partial charge in [0.1, 0.15) is 5.82 Å². The van der Waals surface area contributed by atoms with Gasteiger partial charge in [-0.05, 0) is 34.5 Å². The van der Waals surface area contributed by atoms with Crippen LogP contribution < -0.4 is 5.73 Å². The second-order valence-electron chi connectivity index (χ2n) is 4.31. The van der Waals surface area contributed by atoms with E-state index in [4.69, 9.17) is 5.73 Å². The van der Waals surface area contributed by atoms with Gasteiger partial charge in [-0.2, -0.15) is 0 Å². The minimum atomic E-state index is -3.83. The Balaban J connectivity index is 2.90. The quantitative estimate of drug-likeness (QED) is 0.597. The summed E-state index contributed by atoms with van der Waals surface area (Å²) in [4.78, 5) is 10.9. The number of methoxy groups -OCH3 is 1. The van der Waals surface area contributed by atoms with Gasteiger partial charge in [0.15, 0.2) is 0 Å². The number of rotatable bonds is 6. The normalized spacial score (nSPS) is 11.7. The van der Waals surface area contributed by atoms with Gasteiger partial charge in [0.25, 0.3) is 0 Å². The van der Waals surface area contributed by atoms with Crippen molar-refractivity contribution >= 4 is 37.6 Å². The van der Waals surface area contributed by atoms with Crippen LogP contribution in [0.2, 0.25) is 0 Å². The molecule has 0 aliphatic rings. The van der Waals surface area contributed by atoms with Crippen LogP contribution in [0.4, 0.5) is 10.1 Å². The lowest BCUT2D eigenvalue weighted by Gasteiger charge is -2.18. The molecule has 0 saturated heterocycles. The molecule has 0 amide bonds. The lowest BCUT2D eigenvalue weighted by molar-refractivity contribution is -0.140. The number of carbonyl (C=O) groups excluding carboxylic acids is 1. The largest absolute Gasteiger partial charge is 0.469 e. The molecule has 0 aliphatic heterocycles. The molecule has 9 heteroatoms. The fraction of sp³-hybridized carbons (Fsp3) is 0.417. The minimum absolute atomic E-state index is 0.0917. The second-order valence-corrected chi connectivity index (χ2v) is 7.18. The average molecular weight is 383 g/mol. The van der Waals surface area contributed by atoms with Crippen molar-refractivity contribution in [3.63, 3.8) is 0 Å². The van der Waals surface area contributed by atoms with Crippen LogP contribution in [-0.4, -0.2) is 39.4 Å². The van der Waals surface area contributed by atoms with Crippen molar-refractivity contribution in [3.05, 3.63) is 22.4 Å². The number of benzene rings is 1. The first-order chi connectivity index (χ1) is 9.70. The van der Waals surface area contributed by atoms with E-state index in [0.29, 0.717) is 6.42 Å². The Labute approximate surface area is 131 Å². The maximum absolute atomic E-state index is 13.3. The molecule has 0 aromatic heterocycles. The van der Waals surface area contributed by atoms with Gasteiger partial charge >= 0.3 is 5.97 Å². The van der Waals surface area contributed by atoms with Crippen LogP contribution in [-0.2, 0) is 19.6 Å². The molecule has 118 valence electrons. The van der Waals surface area contributed by atoms with Crippen molar-refractivity contribution < 1.29 is 22.3 Å². The van der Waals surface area contributed by atoms with Crippen molar-refractivity contribution in [2.45, 2.75) is 17.7 Å². The third-order valence-corrected chi connectivity index (χ3v) is 5.64. The van der Waals surface area contributed by atoms with E-state index in [1.54, 1.807) is 0 Å². The average Bonchev–Trinajstić information content (AvgIpc) is 2.42. The molecule has 0 spiro atoms. The number of nitrogens with zero attached hydrogens (tertiary/aromatic N) is 1. The number of ether oxygens (including phenoxy) is 1. The van der Waals surface area contributed by atoms with Crippen LogP contribution in [0.25, 0.3) is 0 Å². The number of halogens is 2.